The Hall–Kier alpha value is -6.66. The van der Waals surface area contributed by atoms with Gasteiger partial charge in [-0.3, -0.25) is 9.55 Å². The maximum absolute atomic E-state index is 6.23. The molecule has 4 heterocycles. The standard InChI is InChI=1S/C42H25N5O/c1-2-11-27(12-3-1)30-15-8-18-35-38(30)31-14-6-7-17-34(31)47(35)42-45-40(29-21-20-26-10-4-5-13-28(26)24-29)44-41(46-42)32-16-9-19-37-39(32)33-25-43-23-22-36(33)48-37/h1-25H. The number of para-hydroxylation sites is 1. The van der Waals surface area contributed by atoms with Gasteiger partial charge in [0.15, 0.2) is 11.6 Å². The predicted octanol–water partition coefficient (Wildman–Crippen LogP) is 10.4. The second kappa shape index (κ2) is 10.4. The van der Waals surface area contributed by atoms with Gasteiger partial charge >= 0.3 is 0 Å². The topological polar surface area (TPSA) is 69.6 Å². The van der Waals surface area contributed by atoms with Crippen LogP contribution in [-0.4, -0.2) is 24.5 Å². The van der Waals surface area contributed by atoms with Gasteiger partial charge in [-0.25, -0.2) is 4.98 Å². The van der Waals surface area contributed by atoms with E-state index in [1.165, 1.54) is 0 Å². The molecule has 4 aromatic heterocycles. The summed E-state index contributed by atoms with van der Waals surface area (Å²) in [6.07, 6.45) is 3.59. The minimum atomic E-state index is 0.544. The molecule has 48 heavy (non-hydrogen) atoms. The number of fused-ring (bicyclic) bond motifs is 7. The second-order valence-electron chi connectivity index (χ2n) is 11.9. The van der Waals surface area contributed by atoms with E-state index in [-0.39, 0.29) is 0 Å². The number of pyridine rings is 1. The van der Waals surface area contributed by atoms with Crippen LogP contribution in [0.3, 0.4) is 0 Å². The number of rotatable bonds is 4. The van der Waals surface area contributed by atoms with Gasteiger partial charge in [0.25, 0.3) is 0 Å². The molecule has 0 bridgehead atoms. The fourth-order valence-electron chi connectivity index (χ4n) is 6.99. The van der Waals surface area contributed by atoms with Gasteiger partial charge in [-0.1, -0.05) is 109 Å². The lowest BCUT2D eigenvalue weighted by Gasteiger charge is -2.12. The summed E-state index contributed by atoms with van der Waals surface area (Å²) in [6.45, 7) is 0. The van der Waals surface area contributed by atoms with E-state index >= 15 is 0 Å². The van der Waals surface area contributed by atoms with Crippen LogP contribution in [0, 0.1) is 0 Å². The number of nitrogens with zero attached hydrogens (tertiary/aromatic N) is 5. The van der Waals surface area contributed by atoms with Crippen LogP contribution in [0.5, 0.6) is 0 Å². The summed E-state index contributed by atoms with van der Waals surface area (Å²) in [5, 5.41) is 6.42. The van der Waals surface area contributed by atoms with E-state index in [4.69, 9.17) is 19.4 Å². The van der Waals surface area contributed by atoms with Crippen molar-refractivity contribution in [2.45, 2.75) is 0 Å². The Kier molecular flexibility index (Phi) is 5.77. The number of furan rings is 1. The predicted molar refractivity (Wildman–Crippen MR) is 193 cm³/mol. The van der Waals surface area contributed by atoms with Crippen molar-refractivity contribution in [2.75, 3.05) is 0 Å². The first kappa shape index (κ1) is 26.5. The third kappa shape index (κ3) is 4.06. The molecule has 0 atom stereocenters. The molecule has 6 nitrogen and oxygen atoms in total. The molecular weight excluding hydrogens is 590 g/mol. The third-order valence-corrected chi connectivity index (χ3v) is 9.15. The largest absolute Gasteiger partial charge is 0.456 e. The molecule has 0 saturated carbocycles. The van der Waals surface area contributed by atoms with Gasteiger partial charge in [0, 0.05) is 45.1 Å². The minimum absolute atomic E-state index is 0.544. The van der Waals surface area contributed by atoms with Crippen LogP contribution < -0.4 is 0 Å². The summed E-state index contributed by atoms with van der Waals surface area (Å²) in [6, 6.07) is 48.0. The molecule has 6 aromatic carbocycles. The Labute approximate surface area is 274 Å². The quantitative estimate of drug-likeness (QED) is 0.197. The SMILES string of the molecule is c1ccc(-c2cccc3c2c2ccccc2n3-c2nc(-c3ccc4ccccc4c3)nc(-c3cccc4oc5ccncc5c34)n2)cc1. The first-order chi connectivity index (χ1) is 23.8. The highest BCUT2D eigenvalue weighted by molar-refractivity contribution is 6.16. The molecule has 0 saturated heterocycles. The average molecular weight is 616 g/mol. The smallest absolute Gasteiger partial charge is 0.238 e. The maximum atomic E-state index is 6.23. The molecule has 0 radical (unpaired) electrons. The fraction of sp³-hybridized carbons (Fsp3) is 0. The molecule has 0 unspecified atom stereocenters. The van der Waals surface area contributed by atoms with E-state index in [1.54, 1.807) is 6.20 Å². The molecule has 0 aliphatic rings. The first-order valence-corrected chi connectivity index (χ1v) is 15.9. The normalized spacial score (nSPS) is 11.8. The summed E-state index contributed by atoms with van der Waals surface area (Å²) in [4.78, 5) is 20.0. The lowest BCUT2D eigenvalue weighted by molar-refractivity contribution is 0.668. The molecule has 0 amide bonds. The van der Waals surface area contributed by atoms with E-state index < -0.39 is 0 Å². The zero-order chi connectivity index (χ0) is 31.6. The zero-order valence-electron chi connectivity index (χ0n) is 25.6. The van der Waals surface area contributed by atoms with E-state index in [2.05, 4.69) is 119 Å². The Morgan fingerprint density at radius 2 is 1.25 bits per heavy atom. The van der Waals surface area contributed by atoms with Crippen molar-refractivity contribution in [1.29, 1.82) is 0 Å². The van der Waals surface area contributed by atoms with Crippen molar-refractivity contribution in [2.24, 2.45) is 0 Å². The molecule has 10 rings (SSSR count). The Bertz CT molecular complexity index is 2850. The highest BCUT2D eigenvalue weighted by atomic mass is 16.3. The lowest BCUT2D eigenvalue weighted by atomic mass is 9.99. The van der Waals surface area contributed by atoms with Crippen LogP contribution in [0.4, 0.5) is 0 Å². The van der Waals surface area contributed by atoms with Gasteiger partial charge in [-0.2, -0.15) is 9.97 Å². The van der Waals surface area contributed by atoms with Crippen LogP contribution in [0.15, 0.2) is 156 Å². The zero-order valence-corrected chi connectivity index (χ0v) is 25.6. The molecule has 10 aromatic rings. The van der Waals surface area contributed by atoms with E-state index in [9.17, 15) is 0 Å². The van der Waals surface area contributed by atoms with Gasteiger partial charge in [0.1, 0.15) is 11.2 Å². The van der Waals surface area contributed by atoms with E-state index in [0.29, 0.717) is 17.6 Å². The summed E-state index contributed by atoms with van der Waals surface area (Å²) >= 11 is 0. The van der Waals surface area contributed by atoms with Gasteiger partial charge < -0.3 is 4.42 Å². The Morgan fingerprint density at radius 1 is 0.479 bits per heavy atom. The van der Waals surface area contributed by atoms with Crippen molar-refractivity contribution in [1.82, 2.24) is 24.5 Å². The van der Waals surface area contributed by atoms with E-state index in [1.807, 2.05) is 36.5 Å². The molecule has 0 aliphatic carbocycles. The fourth-order valence-corrected chi connectivity index (χ4v) is 6.99. The number of hydrogen-bond acceptors (Lipinski definition) is 5. The highest BCUT2D eigenvalue weighted by Gasteiger charge is 2.21. The van der Waals surface area contributed by atoms with Gasteiger partial charge in [0.05, 0.1) is 11.0 Å². The van der Waals surface area contributed by atoms with Gasteiger partial charge in [0.2, 0.25) is 5.95 Å². The van der Waals surface area contributed by atoms with Crippen molar-refractivity contribution in [3.8, 4) is 39.9 Å². The first-order valence-electron chi connectivity index (χ1n) is 15.9. The van der Waals surface area contributed by atoms with Crippen molar-refractivity contribution >= 4 is 54.5 Å². The lowest BCUT2D eigenvalue weighted by Crippen LogP contribution is -2.06. The van der Waals surface area contributed by atoms with Crippen LogP contribution in [-0.2, 0) is 0 Å². The molecule has 0 spiro atoms. The summed E-state index contributed by atoms with van der Waals surface area (Å²) < 4.78 is 8.40. The molecule has 0 aliphatic heterocycles. The molecule has 6 heteroatoms. The summed E-state index contributed by atoms with van der Waals surface area (Å²) in [5.74, 6) is 1.70. The third-order valence-electron chi connectivity index (χ3n) is 9.15. The number of hydrogen-bond donors (Lipinski definition) is 0. The Balaban J connectivity index is 1.30. The molecule has 0 fully saturated rings. The van der Waals surface area contributed by atoms with Gasteiger partial charge in [-0.15, -0.1) is 0 Å². The Morgan fingerprint density at radius 3 is 2.19 bits per heavy atom. The molecule has 0 N–H and O–H groups in total. The van der Waals surface area contributed by atoms with Crippen molar-refractivity contribution in [3.05, 3.63) is 152 Å². The molecular formula is C42H25N5O. The van der Waals surface area contributed by atoms with Crippen LogP contribution in [0.2, 0.25) is 0 Å². The van der Waals surface area contributed by atoms with E-state index in [0.717, 1.165) is 76.8 Å². The van der Waals surface area contributed by atoms with Crippen molar-refractivity contribution in [3.63, 3.8) is 0 Å². The molecule has 224 valence electrons. The maximum Gasteiger partial charge on any atom is 0.238 e. The monoisotopic (exact) mass is 615 g/mol. The second-order valence-corrected chi connectivity index (χ2v) is 11.9. The van der Waals surface area contributed by atoms with Crippen LogP contribution >= 0.6 is 0 Å². The number of benzene rings is 6. The van der Waals surface area contributed by atoms with Crippen molar-refractivity contribution < 1.29 is 4.42 Å². The van der Waals surface area contributed by atoms with Crippen LogP contribution in [0.1, 0.15) is 0 Å². The summed E-state index contributed by atoms with van der Waals surface area (Å²) in [5.41, 5.74) is 7.66. The average Bonchev–Trinajstić information content (AvgIpc) is 3.71. The van der Waals surface area contributed by atoms with Gasteiger partial charge in [-0.05, 0) is 52.2 Å². The minimum Gasteiger partial charge on any atom is -0.456 e. The summed E-state index contributed by atoms with van der Waals surface area (Å²) in [7, 11) is 0. The highest BCUT2D eigenvalue weighted by Crippen LogP contribution is 2.40. The number of aromatic nitrogens is 5. The van der Waals surface area contributed by atoms with Crippen LogP contribution in [0.25, 0.3) is 94.4 Å².